The van der Waals surface area contributed by atoms with E-state index in [2.05, 4.69) is 0 Å². The second-order valence-electron chi connectivity index (χ2n) is 6.91. The lowest BCUT2D eigenvalue weighted by Gasteiger charge is -2.34. The van der Waals surface area contributed by atoms with Crippen molar-refractivity contribution in [1.29, 1.82) is 0 Å². The zero-order valence-electron chi connectivity index (χ0n) is 14.9. The van der Waals surface area contributed by atoms with E-state index in [0.29, 0.717) is 11.5 Å². The van der Waals surface area contributed by atoms with Gasteiger partial charge in [0.05, 0.1) is 25.2 Å². The van der Waals surface area contributed by atoms with Gasteiger partial charge >= 0.3 is 6.03 Å². The molecule has 1 aromatic carbocycles. The molecular weight excluding hydrogens is 322 g/mol. The second kappa shape index (κ2) is 6.55. The number of methoxy groups -OCH3 is 1. The van der Waals surface area contributed by atoms with Crippen molar-refractivity contribution >= 4 is 11.9 Å². The number of nitrogens with zero attached hydrogens (tertiary/aromatic N) is 2. The molecule has 2 fully saturated rings. The molecule has 1 saturated carbocycles. The zero-order valence-corrected chi connectivity index (χ0v) is 14.9. The third-order valence-electron chi connectivity index (χ3n) is 5.34. The number of nitrogens with two attached hydrogens (primary N) is 1. The molecule has 1 atom stereocenters. The molecule has 0 bridgehead atoms. The van der Waals surface area contributed by atoms with Gasteiger partial charge < -0.3 is 15.2 Å². The first-order valence-corrected chi connectivity index (χ1v) is 8.58. The fraction of sp³-hybridized carbons (Fsp3) is 0.556. The summed E-state index contributed by atoms with van der Waals surface area (Å²) in [5.74, 6) is 1.02. The van der Waals surface area contributed by atoms with E-state index in [1.54, 1.807) is 19.2 Å². The Kier molecular flexibility index (Phi) is 4.60. The minimum absolute atomic E-state index is 0.168. The van der Waals surface area contributed by atoms with Crippen molar-refractivity contribution in [3.8, 4) is 11.5 Å². The highest BCUT2D eigenvalue weighted by molar-refractivity contribution is 5.95. The minimum atomic E-state index is -0.771. The average Bonchev–Trinajstić information content (AvgIpc) is 3.14. The maximum absolute atomic E-state index is 12.2. The van der Waals surface area contributed by atoms with E-state index in [4.69, 9.17) is 15.2 Å². The fourth-order valence-corrected chi connectivity index (χ4v) is 3.72. The molecule has 1 unspecified atom stereocenters. The SMILES string of the molecule is COc1ccc(C2(C)CC(=O)N(C(N)=O)N2C)cc1OC1CCCC1. The van der Waals surface area contributed by atoms with Crippen molar-refractivity contribution in [2.45, 2.75) is 50.7 Å². The Hall–Kier alpha value is -2.28. The summed E-state index contributed by atoms with van der Waals surface area (Å²) in [6, 6.07) is 4.88. The highest BCUT2D eigenvalue weighted by atomic mass is 16.5. The Bertz CT molecular complexity index is 687. The van der Waals surface area contributed by atoms with Crippen molar-refractivity contribution in [2.24, 2.45) is 5.73 Å². The summed E-state index contributed by atoms with van der Waals surface area (Å²) in [6.45, 7) is 1.91. The summed E-state index contributed by atoms with van der Waals surface area (Å²) in [5, 5.41) is 2.58. The van der Waals surface area contributed by atoms with E-state index >= 15 is 0 Å². The first kappa shape index (κ1) is 17.5. The molecule has 1 aliphatic heterocycles. The van der Waals surface area contributed by atoms with Crippen molar-refractivity contribution < 1.29 is 19.1 Å². The molecule has 7 nitrogen and oxygen atoms in total. The van der Waals surface area contributed by atoms with Gasteiger partial charge in [-0.15, -0.1) is 0 Å². The minimum Gasteiger partial charge on any atom is -0.493 e. The van der Waals surface area contributed by atoms with Gasteiger partial charge in [-0.3, -0.25) is 4.79 Å². The number of ether oxygens (including phenoxy) is 2. The summed E-state index contributed by atoms with van der Waals surface area (Å²) >= 11 is 0. The van der Waals surface area contributed by atoms with Crippen LogP contribution in [0.25, 0.3) is 0 Å². The predicted octanol–water partition coefficient (Wildman–Crippen LogP) is 2.39. The Labute approximate surface area is 147 Å². The summed E-state index contributed by atoms with van der Waals surface area (Å²) in [5.41, 5.74) is 5.54. The molecule has 2 aliphatic rings. The lowest BCUT2D eigenvalue weighted by atomic mass is 9.89. The molecule has 136 valence electrons. The van der Waals surface area contributed by atoms with Crippen LogP contribution >= 0.6 is 0 Å². The summed E-state index contributed by atoms with van der Waals surface area (Å²) in [4.78, 5) is 23.8. The third kappa shape index (κ3) is 3.04. The van der Waals surface area contributed by atoms with Crippen molar-refractivity contribution in [3.05, 3.63) is 23.8 Å². The molecule has 0 spiro atoms. The number of primary amides is 1. The monoisotopic (exact) mass is 347 g/mol. The Balaban J connectivity index is 1.94. The molecule has 2 N–H and O–H groups in total. The van der Waals surface area contributed by atoms with E-state index in [1.807, 2.05) is 25.1 Å². The largest absolute Gasteiger partial charge is 0.493 e. The van der Waals surface area contributed by atoms with E-state index in [-0.39, 0.29) is 18.4 Å². The Morgan fingerprint density at radius 2 is 1.96 bits per heavy atom. The van der Waals surface area contributed by atoms with Gasteiger partial charge in [0, 0.05) is 7.05 Å². The zero-order chi connectivity index (χ0) is 18.2. The number of amides is 3. The lowest BCUT2D eigenvalue weighted by molar-refractivity contribution is -0.131. The third-order valence-corrected chi connectivity index (χ3v) is 5.34. The maximum atomic E-state index is 12.2. The lowest BCUT2D eigenvalue weighted by Crippen LogP contribution is -2.49. The van der Waals surface area contributed by atoms with E-state index in [1.165, 1.54) is 12.8 Å². The molecule has 0 aromatic heterocycles. The molecule has 3 amide bonds. The molecule has 1 aromatic rings. The van der Waals surface area contributed by atoms with Crippen LogP contribution in [0.1, 0.15) is 44.6 Å². The van der Waals surface area contributed by atoms with Gasteiger partial charge in [-0.1, -0.05) is 6.07 Å². The molecule has 3 rings (SSSR count). The van der Waals surface area contributed by atoms with Gasteiger partial charge in [-0.05, 0) is 50.3 Å². The number of urea groups is 1. The van der Waals surface area contributed by atoms with Gasteiger partial charge in [-0.2, -0.15) is 5.01 Å². The van der Waals surface area contributed by atoms with Gasteiger partial charge in [-0.25, -0.2) is 9.80 Å². The molecule has 1 heterocycles. The number of benzene rings is 1. The standard InChI is InChI=1S/C18H25N3O4/c1-18(11-16(22)21(17(19)23)20(18)2)12-8-9-14(24-3)15(10-12)25-13-6-4-5-7-13/h8-10,13H,4-7,11H2,1-3H3,(H2,19,23). The number of carbonyl (C=O) groups is 2. The molecule has 1 saturated heterocycles. The van der Waals surface area contributed by atoms with Crippen LogP contribution in [0.2, 0.25) is 0 Å². The van der Waals surface area contributed by atoms with Crippen LogP contribution in [0.4, 0.5) is 4.79 Å². The molecule has 1 aliphatic carbocycles. The number of hydrogen-bond donors (Lipinski definition) is 1. The maximum Gasteiger partial charge on any atom is 0.336 e. The smallest absolute Gasteiger partial charge is 0.336 e. The normalized spacial score (nSPS) is 24.8. The van der Waals surface area contributed by atoms with E-state index in [0.717, 1.165) is 23.4 Å². The number of imide groups is 1. The van der Waals surface area contributed by atoms with Gasteiger partial charge in [0.15, 0.2) is 11.5 Å². The highest BCUT2D eigenvalue weighted by Gasteiger charge is 2.48. The Morgan fingerprint density at radius 3 is 2.52 bits per heavy atom. The van der Waals surface area contributed by atoms with Gasteiger partial charge in [0.1, 0.15) is 0 Å². The van der Waals surface area contributed by atoms with E-state index < -0.39 is 11.6 Å². The molecular formula is C18H25N3O4. The molecule has 7 heteroatoms. The van der Waals surface area contributed by atoms with Gasteiger partial charge in [0.2, 0.25) is 5.91 Å². The van der Waals surface area contributed by atoms with Crippen LogP contribution in [0.3, 0.4) is 0 Å². The average molecular weight is 347 g/mol. The van der Waals surface area contributed by atoms with Crippen molar-refractivity contribution in [1.82, 2.24) is 10.0 Å². The summed E-state index contributed by atoms with van der Waals surface area (Å²) in [7, 11) is 3.30. The van der Waals surface area contributed by atoms with Crippen LogP contribution in [0.15, 0.2) is 18.2 Å². The number of hydrazine groups is 1. The summed E-state index contributed by atoms with van der Waals surface area (Å²) in [6.07, 6.45) is 4.80. The van der Waals surface area contributed by atoms with E-state index in [9.17, 15) is 9.59 Å². The van der Waals surface area contributed by atoms with Crippen LogP contribution in [-0.2, 0) is 10.3 Å². The molecule has 0 radical (unpaired) electrons. The first-order valence-electron chi connectivity index (χ1n) is 8.58. The second-order valence-corrected chi connectivity index (χ2v) is 6.91. The number of carbonyl (C=O) groups excluding carboxylic acids is 2. The van der Waals surface area contributed by atoms with Crippen LogP contribution in [0, 0.1) is 0 Å². The quantitative estimate of drug-likeness (QED) is 0.904. The predicted molar refractivity (Wildman–Crippen MR) is 92.0 cm³/mol. The fourth-order valence-electron chi connectivity index (χ4n) is 3.72. The van der Waals surface area contributed by atoms with Crippen LogP contribution < -0.4 is 15.2 Å². The molecule has 25 heavy (non-hydrogen) atoms. The number of hydrogen-bond acceptors (Lipinski definition) is 5. The van der Waals surface area contributed by atoms with Crippen LogP contribution in [0.5, 0.6) is 11.5 Å². The topological polar surface area (TPSA) is 85.1 Å². The summed E-state index contributed by atoms with van der Waals surface area (Å²) < 4.78 is 11.6. The van der Waals surface area contributed by atoms with Gasteiger partial charge in [0.25, 0.3) is 0 Å². The first-order chi connectivity index (χ1) is 11.9. The van der Waals surface area contributed by atoms with Crippen molar-refractivity contribution in [2.75, 3.05) is 14.2 Å². The highest BCUT2D eigenvalue weighted by Crippen LogP contribution is 2.42. The Morgan fingerprint density at radius 1 is 1.28 bits per heavy atom. The van der Waals surface area contributed by atoms with Crippen LogP contribution in [-0.4, -0.2) is 42.2 Å². The number of rotatable bonds is 4. The van der Waals surface area contributed by atoms with Crippen molar-refractivity contribution in [3.63, 3.8) is 0 Å².